The third-order valence-corrected chi connectivity index (χ3v) is 2.74. The van der Waals surface area contributed by atoms with Crippen molar-refractivity contribution in [1.29, 1.82) is 0 Å². The predicted molar refractivity (Wildman–Crippen MR) is 74.3 cm³/mol. The standard InChI is InChI=1S/C14H17BrO3/c1-9(15)12(16)10-5-7-11(8-6-10)18-13(17)14(2,3)4/h5-9H,1-4H3/t9-/m1/s1. The number of rotatable bonds is 3. The lowest BCUT2D eigenvalue weighted by atomic mass is 9.97. The third kappa shape index (κ3) is 3.95. The summed E-state index contributed by atoms with van der Waals surface area (Å²) in [7, 11) is 0. The molecule has 4 heteroatoms. The number of halogens is 1. The van der Waals surface area contributed by atoms with Crippen molar-refractivity contribution in [3.8, 4) is 5.75 Å². The van der Waals surface area contributed by atoms with Crippen molar-refractivity contribution in [3.63, 3.8) is 0 Å². The van der Waals surface area contributed by atoms with E-state index in [1.54, 1.807) is 52.0 Å². The van der Waals surface area contributed by atoms with Gasteiger partial charge in [-0.2, -0.15) is 0 Å². The summed E-state index contributed by atoms with van der Waals surface area (Å²) in [5, 5.41) is 0. The van der Waals surface area contributed by atoms with Gasteiger partial charge in [-0.3, -0.25) is 9.59 Å². The number of carbonyl (C=O) groups excluding carboxylic acids is 2. The van der Waals surface area contributed by atoms with Crippen LogP contribution in [0, 0.1) is 5.41 Å². The molecule has 0 bridgehead atoms. The van der Waals surface area contributed by atoms with Gasteiger partial charge in [0.25, 0.3) is 0 Å². The molecule has 1 atom stereocenters. The highest BCUT2D eigenvalue weighted by atomic mass is 79.9. The number of hydrogen-bond donors (Lipinski definition) is 0. The molecule has 0 fully saturated rings. The van der Waals surface area contributed by atoms with Crippen molar-refractivity contribution >= 4 is 27.7 Å². The molecule has 0 radical (unpaired) electrons. The molecule has 0 unspecified atom stereocenters. The molecule has 1 aromatic carbocycles. The molecule has 98 valence electrons. The summed E-state index contributed by atoms with van der Waals surface area (Å²) in [6, 6.07) is 6.58. The highest BCUT2D eigenvalue weighted by Gasteiger charge is 2.23. The molecule has 0 aliphatic carbocycles. The second kappa shape index (κ2) is 5.65. The van der Waals surface area contributed by atoms with Crippen LogP contribution in [0.2, 0.25) is 0 Å². The average molecular weight is 313 g/mol. The second-order valence-electron chi connectivity index (χ2n) is 5.14. The van der Waals surface area contributed by atoms with Crippen LogP contribution < -0.4 is 4.74 Å². The van der Waals surface area contributed by atoms with E-state index >= 15 is 0 Å². The van der Waals surface area contributed by atoms with Crippen molar-refractivity contribution in [2.75, 3.05) is 0 Å². The summed E-state index contributed by atoms with van der Waals surface area (Å²) in [5.41, 5.74) is 0.0497. The lowest BCUT2D eigenvalue weighted by Gasteiger charge is -2.16. The van der Waals surface area contributed by atoms with E-state index in [0.29, 0.717) is 11.3 Å². The first-order valence-electron chi connectivity index (χ1n) is 5.72. The van der Waals surface area contributed by atoms with Crippen LogP contribution in [0.1, 0.15) is 38.1 Å². The smallest absolute Gasteiger partial charge is 0.316 e. The van der Waals surface area contributed by atoms with Gasteiger partial charge in [-0.15, -0.1) is 0 Å². The Bertz CT molecular complexity index is 441. The molecule has 1 rings (SSSR count). The molecule has 1 aromatic rings. The van der Waals surface area contributed by atoms with Crippen LogP contribution in [-0.4, -0.2) is 16.6 Å². The van der Waals surface area contributed by atoms with E-state index in [9.17, 15) is 9.59 Å². The molecule has 3 nitrogen and oxygen atoms in total. The minimum absolute atomic E-state index is 0.00342. The van der Waals surface area contributed by atoms with Gasteiger partial charge in [-0.1, -0.05) is 15.9 Å². The zero-order valence-electron chi connectivity index (χ0n) is 11.0. The maximum Gasteiger partial charge on any atom is 0.316 e. The van der Waals surface area contributed by atoms with Gasteiger partial charge in [0.15, 0.2) is 5.78 Å². The van der Waals surface area contributed by atoms with Gasteiger partial charge in [0.2, 0.25) is 0 Å². The van der Waals surface area contributed by atoms with Gasteiger partial charge in [-0.25, -0.2) is 0 Å². The van der Waals surface area contributed by atoms with E-state index in [1.165, 1.54) is 0 Å². The number of ketones is 1. The highest BCUT2D eigenvalue weighted by Crippen LogP contribution is 2.20. The van der Waals surface area contributed by atoms with Crippen molar-refractivity contribution in [3.05, 3.63) is 29.8 Å². The second-order valence-corrected chi connectivity index (χ2v) is 6.52. The quantitative estimate of drug-likeness (QED) is 0.371. The van der Waals surface area contributed by atoms with Crippen LogP contribution in [0.15, 0.2) is 24.3 Å². The van der Waals surface area contributed by atoms with Gasteiger partial charge >= 0.3 is 5.97 Å². The normalized spacial score (nSPS) is 12.9. The summed E-state index contributed by atoms with van der Waals surface area (Å²) in [6.07, 6.45) is 0. The molecule has 0 aliphatic rings. The Morgan fingerprint density at radius 3 is 2.06 bits per heavy atom. The lowest BCUT2D eigenvalue weighted by Crippen LogP contribution is -2.25. The summed E-state index contributed by atoms with van der Waals surface area (Å²) in [4.78, 5) is 23.1. The molecular weight excluding hydrogens is 296 g/mol. The molecule has 0 amide bonds. The van der Waals surface area contributed by atoms with Gasteiger partial charge in [0, 0.05) is 5.56 Å². The monoisotopic (exact) mass is 312 g/mol. The maximum absolute atomic E-state index is 11.7. The molecular formula is C14H17BrO3. The topological polar surface area (TPSA) is 43.4 Å². The Morgan fingerprint density at radius 2 is 1.67 bits per heavy atom. The van der Waals surface area contributed by atoms with E-state index in [-0.39, 0.29) is 16.6 Å². The molecule has 0 saturated heterocycles. The van der Waals surface area contributed by atoms with Crippen molar-refractivity contribution in [2.45, 2.75) is 32.5 Å². The Hall–Kier alpha value is -1.16. The number of alkyl halides is 1. The Kier molecular flexibility index (Phi) is 4.68. The van der Waals surface area contributed by atoms with Gasteiger partial charge in [-0.05, 0) is 52.0 Å². The van der Waals surface area contributed by atoms with Gasteiger partial charge in [0.1, 0.15) is 5.75 Å². The number of benzene rings is 1. The van der Waals surface area contributed by atoms with Crippen LogP contribution >= 0.6 is 15.9 Å². The van der Waals surface area contributed by atoms with Crippen LogP contribution in [0.3, 0.4) is 0 Å². The summed E-state index contributed by atoms with van der Waals surface area (Å²) in [6.45, 7) is 7.15. The maximum atomic E-state index is 11.7. The Labute approximate surface area is 116 Å². The number of esters is 1. The zero-order chi connectivity index (χ0) is 13.9. The van der Waals surface area contributed by atoms with E-state index in [0.717, 1.165) is 0 Å². The number of Topliss-reactive ketones (excluding diaryl/α,β-unsaturated/α-hetero) is 1. The first-order valence-corrected chi connectivity index (χ1v) is 6.64. The SMILES string of the molecule is C[C@@H](Br)C(=O)c1ccc(OC(=O)C(C)(C)C)cc1. The predicted octanol–water partition coefficient (Wildman–Crippen LogP) is 3.60. The highest BCUT2D eigenvalue weighted by molar-refractivity contribution is 9.10. The van der Waals surface area contributed by atoms with E-state index in [4.69, 9.17) is 4.74 Å². The fourth-order valence-electron chi connectivity index (χ4n) is 1.18. The first kappa shape index (κ1) is 14.9. The van der Waals surface area contributed by atoms with Crippen LogP contribution in [0.5, 0.6) is 5.75 Å². The van der Waals surface area contributed by atoms with E-state index in [1.807, 2.05) is 0 Å². The van der Waals surface area contributed by atoms with Gasteiger partial charge in [0.05, 0.1) is 10.2 Å². The van der Waals surface area contributed by atoms with Gasteiger partial charge < -0.3 is 4.74 Å². The van der Waals surface area contributed by atoms with Crippen molar-refractivity contribution in [1.82, 2.24) is 0 Å². The molecule has 18 heavy (non-hydrogen) atoms. The van der Waals surface area contributed by atoms with Crippen LogP contribution in [0.4, 0.5) is 0 Å². The summed E-state index contributed by atoms with van der Waals surface area (Å²) >= 11 is 3.23. The van der Waals surface area contributed by atoms with E-state index in [2.05, 4.69) is 15.9 Å². The van der Waals surface area contributed by atoms with Crippen molar-refractivity contribution in [2.24, 2.45) is 5.41 Å². The molecule has 0 aliphatic heterocycles. The number of hydrogen-bond acceptors (Lipinski definition) is 3. The third-order valence-electron chi connectivity index (χ3n) is 2.32. The molecule has 0 saturated carbocycles. The number of ether oxygens (including phenoxy) is 1. The minimum Gasteiger partial charge on any atom is -0.426 e. The summed E-state index contributed by atoms with van der Waals surface area (Å²) in [5.74, 6) is 0.160. The van der Waals surface area contributed by atoms with Crippen molar-refractivity contribution < 1.29 is 14.3 Å². The summed E-state index contributed by atoms with van der Waals surface area (Å²) < 4.78 is 5.21. The first-order chi connectivity index (χ1) is 8.21. The fraction of sp³-hybridized carbons (Fsp3) is 0.429. The largest absolute Gasteiger partial charge is 0.426 e. The average Bonchev–Trinajstić information content (AvgIpc) is 2.27. The number of carbonyl (C=O) groups is 2. The van der Waals surface area contributed by atoms with E-state index < -0.39 is 5.41 Å². The fourth-order valence-corrected chi connectivity index (χ4v) is 1.44. The Morgan fingerprint density at radius 1 is 1.17 bits per heavy atom. The Balaban J connectivity index is 2.78. The van der Waals surface area contributed by atoms with Crippen LogP contribution in [-0.2, 0) is 4.79 Å². The molecule has 0 aromatic heterocycles. The molecule has 0 spiro atoms. The minimum atomic E-state index is -0.543. The lowest BCUT2D eigenvalue weighted by molar-refractivity contribution is -0.142. The molecule has 0 heterocycles. The van der Waals surface area contributed by atoms with Crippen LogP contribution in [0.25, 0.3) is 0 Å². The zero-order valence-corrected chi connectivity index (χ0v) is 12.6. The molecule has 0 N–H and O–H groups in total.